The molecule has 0 aliphatic heterocycles. The molecule has 0 spiro atoms. The monoisotopic (exact) mass is 639 g/mol. The molecule has 6 N–H and O–H groups in total. The molecule has 0 saturated heterocycles. The van der Waals surface area contributed by atoms with Gasteiger partial charge in [-0.1, -0.05) is 72.8 Å². The number of aromatic carboxylic acids is 3. The van der Waals surface area contributed by atoms with Crippen molar-refractivity contribution in [3.8, 4) is 51.4 Å². The van der Waals surface area contributed by atoms with E-state index in [-0.39, 0.29) is 34.2 Å². The number of aromatic nitrogens is 3. The second-order valence-electron chi connectivity index (χ2n) is 10.8. The highest BCUT2D eigenvalue weighted by Gasteiger charge is 2.28. The van der Waals surface area contributed by atoms with E-state index in [2.05, 4.69) is 15.0 Å². The first-order valence-electron chi connectivity index (χ1n) is 14.3. The molecule has 6 aromatic carbocycles. The van der Waals surface area contributed by atoms with Crippen LogP contribution in [0.25, 0.3) is 66.5 Å². The molecule has 0 atom stereocenters. The highest BCUT2D eigenvalue weighted by atomic mass is 16.4. The number of carbonyl (C=O) groups is 3. The Kier molecular flexibility index (Phi) is 6.83. The van der Waals surface area contributed by atoms with Gasteiger partial charge in [0.05, 0.1) is 16.7 Å². The van der Waals surface area contributed by atoms with E-state index in [0.29, 0.717) is 32.3 Å². The van der Waals surface area contributed by atoms with Gasteiger partial charge in [0, 0.05) is 0 Å². The first-order chi connectivity index (χ1) is 23.0. The number of carboxylic acids is 3. The van der Waals surface area contributed by atoms with Gasteiger partial charge in [0.1, 0.15) is 33.9 Å². The number of rotatable bonds is 6. The molecule has 48 heavy (non-hydrogen) atoms. The van der Waals surface area contributed by atoms with E-state index < -0.39 is 51.8 Å². The van der Waals surface area contributed by atoms with Gasteiger partial charge in [-0.05, 0) is 50.5 Å². The Morgan fingerprint density at radius 3 is 0.917 bits per heavy atom. The van der Waals surface area contributed by atoms with Crippen molar-refractivity contribution in [1.82, 2.24) is 15.0 Å². The fourth-order valence-corrected chi connectivity index (χ4v) is 5.89. The summed E-state index contributed by atoms with van der Waals surface area (Å²) in [6.45, 7) is 0. The molecular formula is C36H21N3O9. The summed E-state index contributed by atoms with van der Waals surface area (Å²) in [5.74, 6) is -7.30. The second kappa shape index (κ2) is 11.1. The molecule has 1 heterocycles. The Morgan fingerprint density at radius 1 is 0.417 bits per heavy atom. The van der Waals surface area contributed by atoms with Crippen molar-refractivity contribution >= 4 is 50.2 Å². The lowest BCUT2D eigenvalue weighted by Crippen LogP contribution is -2.06. The minimum absolute atomic E-state index is 0.133. The van der Waals surface area contributed by atoms with E-state index >= 15 is 0 Å². The Morgan fingerprint density at radius 2 is 0.667 bits per heavy atom. The molecule has 1 aromatic heterocycles. The molecule has 0 amide bonds. The standard InChI is InChI=1S/C36H21N3O9/c40-28-22(34(43)44)13-16-7-1-4-10-19(16)25(28)31-37-32(26-20-11-5-2-8-17(20)14-23(29(26)41)35(45)46)39-33(38-31)27-21-12-6-3-9-18(21)15-24(30(27)42)36(47)48/h1-15,40-42H,(H,43,44)(H,45,46)(H,47,48). The number of hydrogen-bond donors (Lipinski definition) is 6. The maximum atomic E-state index is 12.2. The third kappa shape index (κ3) is 4.63. The van der Waals surface area contributed by atoms with Crippen molar-refractivity contribution < 1.29 is 45.0 Å². The van der Waals surface area contributed by atoms with Crippen LogP contribution in [0.4, 0.5) is 0 Å². The van der Waals surface area contributed by atoms with Crippen LogP contribution in [0.1, 0.15) is 31.1 Å². The van der Waals surface area contributed by atoms with E-state index in [4.69, 9.17) is 0 Å². The highest BCUT2D eigenvalue weighted by molar-refractivity contribution is 6.09. The molecule has 0 radical (unpaired) electrons. The molecule has 7 rings (SSSR count). The Bertz CT molecular complexity index is 2260. The average Bonchev–Trinajstić information content (AvgIpc) is 3.06. The van der Waals surface area contributed by atoms with Crippen molar-refractivity contribution in [3.63, 3.8) is 0 Å². The van der Waals surface area contributed by atoms with Crippen LogP contribution in [0.15, 0.2) is 91.0 Å². The third-order valence-electron chi connectivity index (χ3n) is 8.06. The molecular weight excluding hydrogens is 618 g/mol. The molecule has 0 unspecified atom stereocenters. The molecule has 0 bridgehead atoms. The van der Waals surface area contributed by atoms with Crippen LogP contribution in [-0.2, 0) is 0 Å². The van der Waals surface area contributed by atoms with Crippen LogP contribution >= 0.6 is 0 Å². The summed E-state index contributed by atoms with van der Waals surface area (Å²) in [6.07, 6.45) is 0. The zero-order chi connectivity index (χ0) is 33.9. The first-order valence-corrected chi connectivity index (χ1v) is 14.3. The lowest BCUT2D eigenvalue weighted by molar-refractivity contribution is 0.0682. The van der Waals surface area contributed by atoms with Gasteiger partial charge in [0.25, 0.3) is 0 Å². The van der Waals surface area contributed by atoms with Gasteiger partial charge in [-0.15, -0.1) is 0 Å². The van der Waals surface area contributed by atoms with E-state index in [1.54, 1.807) is 72.8 Å². The lowest BCUT2D eigenvalue weighted by Gasteiger charge is -2.16. The number of nitrogens with zero attached hydrogens (tertiary/aromatic N) is 3. The van der Waals surface area contributed by atoms with E-state index in [1.165, 1.54) is 18.2 Å². The van der Waals surface area contributed by atoms with Gasteiger partial charge in [-0.2, -0.15) is 0 Å². The maximum Gasteiger partial charge on any atom is 0.339 e. The Labute approximate surface area is 269 Å². The van der Waals surface area contributed by atoms with E-state index in [9.17, 15) is 45.0 Å². The lowest BCUT2D eigenvalue weighted by atomic mass is 9.96. The van der Waals surface area contributed by atoms with Crippen molar-refractivity contribution in [1.29, 1.82) is 0 Å². The van der Waals surface area contributed by atoms with Gasteiger partial charge in [0.2, 0.25) is 0 Å². The number of benzene rings is 6. The molecule has 0 aliphatic carbocycles. The van der Waals surface area contributed by atoms with Crippen LogP contribution in [0, 0.1) is 0 Å². The largest absolute Gasteiger partial charge is 0.506 e. The average molecular weight is 640 g/mol. The van der Waals surface area contributed by atoms with Crippen molar-refractivity contribution in [2.75, 3.05) is 0 Å². The van der Waals surface area contributed by atoms with Crippen LogP contribution in [-0.4, -0.2) is 63.5 Å². The first kappa shape index (κ1) is 29.6. The summed E-state index contributed by atoms with van der Waals surface area (Å²) in [6, 6.07) is 23.5. The smallest absolute Gasteiger partial charge is 0.339 e. The maximum absolute atomic E-state index is 12.2. The van der Waals surface area contributed by atoms with E-state index in [0.717, 1.165) is 0 Å². The minimum Gasteiger partial charge on any atom is -0.506 e. The summed E-state index contributed by atoms with van der Waals surface area (Å²) in [7, 11) is 0. The third-order valence-corrected chi connectivity index (χ3v) is 8.06. The predicted molar refractivity (Wildman–Crippen MR) is 175 cm³/mol. The Balaban J connectivity index is 1.69. The quantitative estimate of drug-likeness (QED) is 0.114. The van der Waals surface area contributed by atoms with Gasteiger partial charge in [0.15, 0.2) is 17.5 Å². The SMILES string of the molecule is O=C(O)c1cc2ccccc2c(-c2nc(-c3c(O)c(C(=O)O)cc4ccccc34)nc(-c3c(O)c(C(=O)O)cc4ccccc34)n2)c1O. The number of hydrogen-bond acceptors (Lipinski definition) is 9. The predicted octanol–water partition coefficient (Wildman–Crippen LogP) is 6.54. The molecule has 0 aliphatic rings. The molecule has 234 valence electrons. The number of phenols is 3. The van der Waals surface area contributed by atoms with Gasteiger partial charge >= 0.3 is 17.9 Å². The number of fused-ring (bicyclic) bond motifs is 3. The molecule has 0 saturated carbocycles. The van der Waals surface area contributed by atoms with Crippen LogP contribution in [0.2, 0.25) is 0 Å². The van der Waals surface area contributed by atoms with Crippen LogP contribution in [0.3, 0.4) is 0 Å². The highest BCUT2D eigenvalue weighted by Crippen LogP contribution is 2.44. The van der Waals surface area contributed by atoms with Gasteiger partial charge in [-0.3, -0.25) is 0 Å². The summed E-state index contributed by atoms with van der Waals surface area (Å²) >= 11 is 0. The number of aromatic hydroxyl groups is 3. The van der Waals surface area contributed by atoms with Crippen molar-refractivity contribution in [2.45, 2.75) is 0 Å². The molecule has 12 heteroatoms. The molecule has 0 fully saturated rings. The molecule has 7 aromatic rings. The van der Waals surface area contributed by atoms with Gasteiger partial charge in [-0.25, -0.2) is 29.3 Å². The zero-order valence-corrected chi connectivity index (χ0v) is 24.4. The van der Waals surface area contributed by atoms with E-state index in [1.807, 2.05) is 0 Å². The fraction of sp³-hybridized carbons (Fsp3) is 0. The fourth-order valence-electron chi connectivity index (χ4n) is 5.89. The Hall–Kier alpha value is -7.08. The van der Waals surface area contributed by atoms with Gasteiger partial charge < -0.3 is 30.6 Å². The minimum atomic E-state index is -1.44. The summed E-state index contributed by atoms with van der Waals surface area (Å²) in [5, 5.41) is 66.2. The molecule has 12 nitrogen and oxygen atoms in total. The van der Waals surface area contributed by atoms with Crippen LogP contribution in [0.5, 0.6) is 17.2 Å². The zero-order valence-electron chi connectivity index (χ0n) is 24.4. The van der Waals surface area contributed by atoms with Crippen molar-refractivity contribution in [3.05, 3.63) is 108 Å². The summed E-state index contributed by atoms with van der Waals surface area (Å²) in [5.41, 5.74) is -1.79. The summed E-state index contributed by atoms with van der Waals surface area (Å²) in [4.78, 5) is 50.4. The number of carboxylic acid groups (broad SMARTS) is 3. The topological polar surface area (TPSA) is 211 Å². The van der Waals surface area contributed by atoms with Crippen LogP contribution < -0.4 is 0 Å². The summed E-state index contributed by atoms with van der Waals surface area (Å²) < 4.78 is 0. The normalized spacial score (nSPS) is 11.2. The van der Waals surface area contributed by atoms with Crippen molar-refractivity contribution in [2.24, 2.45) is 0 Å². The second-order valence-corrected chi connectivity index (χ2v) is 10.8.